The average molecular weight is 412 g/mol. The van der Waals surface area contributed by atoms with E-state index in [0.717, 1.165) is 22.5 Å². The largest absolute Gasteiger partial charge is 0.271 e. The quantitative estimate of drug-likeness (QED) is 0.377. The van der Waals surface area contributed by atoms with Crippen molar-refractivity contribution in [1.29, 1.82) is 0 Å². The lowest BCUT2D eigenvalue weighted by Crippen LogP contribution is -2.17. The van der Waals surface area contributed by atoms with Crippen LogP contribution < -0.4 is 5.43 Å². The summed E-state index contributed by atoms with van der Waals surface area (Å²) in [5.41, 5.74) is 5.72. The molecule has 9 heteroatoms. The highest BCUT2D eigenvalue weighted by Gasteiger charge is 2.13. The van der Waals surface area contributed by atoms with Crippen LogP contribution in [0.3, 0.4) is 0 Å². The summed E-state index contributed by atoms with van der Waals surface area (Å²) in [6.07, 6.45) is 1.51. The van der Waals surface area contributed by atoms with Gasteiger partial charge in [-0.2, -0.15) is 10.2 Å². The molecule has 0 radical (unpaired) electrons. The fraction of sp³-hybridized carbons (Fsp3) is 0.150. The molecule has 8 nitrogen and oxygen atoms in total. The fourth-order valence-corrected chi connectivity index (χ4v) is 3.02. The second-order valence-electron chi connectivity index (χ2n) is 6.34. The van der Waals surface area contributed by atoms with Gasteiger partial charge in [0.2, 0.25) is 0 Å². The lowest BCUT2D eigenvalue weighted by molar-refractivity contribution is -0.384. The van der Waals surface area contributed by atoms with Gasteiger partial charge in [-0.25, -0.2) is 5.43 Å². The van der Waals surface area contributed by atoms with Crippen molar-refractivity contribution in [3.05, 3.63) is 91.7 Å². The molecule has 0 saturated carbocycles. The Bertz CT molecular complexity index is 1110. The van der Waals surface area contributed by atoms with Gasteiger partial charge in [0.25, 0.3) is 11.6 Å². The van der Waals surface area contributed by atoms with Crippen LogP contribution >= 0.6 is 11.6 Å². The Morgan fingerprint density at radius 1 is 1.28 bits per heavy atom. The number of nitrogens with zero attached hydrogens (tertiary/aromatic N) is 4. The molecule has 0 aliphatic heterocycles. The van der Waals surface area contributed by atoms with Gasteiger partial charge in [-0.1, -0.05) is 35.9 Å². The molecule has 0 saturated heterocycles. The number of nitrogens with one attached hydrogen (secondary N) is 1. The number of hydrazone groups is 1. The van der Waals surface area contributed by atoms with Gasteiger partial charge in [0.1, 0.15) is 0 Å². The lowest BCUT2D eigenvalue weighted by atomic mass is 10.2. The van der Waals surface area contributed by atoms with E-state index in [1.165, 1.54) is 30.5 Å². The Balaban J connectivity index is 1.73. The number of hydrogen-bond acceptors (Lipinski definition) is 5. The van der Waals surface area contributed by atoms with Crippen LogP contribution in [-0.2, 0) is 6.54 Å². The Morgan fingerprint density at radius 3 is 2.76 bits per heavy atom. The molecule has 1 N–H and O–H groups in total. The molecule has 0 bridgehead atoms. The number of nitro benzene ring substituents is 1. The van der Waals surface area contributed by atoms with Gasteiger partial charge in [0.05, 0.1) is 23.4 Å². The first-order valence-electron chi connectivity index (χ1n) is 8.72. The van der Waals surface area contributed by atoms with Crippen LogP contribution in [-0.4, -0.2) is 26.8 Å². The van der Waals surface area contributed by atoms with E-state index in [2.05, 4.69) is 15.6 Å². The summed E-state index contributed by atoms with van der Waals surface area (Å²) < 4.78 is 1.82. The molecule has 0 unspecified atom stereocenters. The normalized spacial score (nSPS) is 11.0. The minimum Gasteiger partial charge on any atom is -0.267 e. The molecule has 2 aromatic carbocycles. The van der Waals surface area contributed by atoms with Gasteiger partial charge in [-0.15, -0.1) is 0 Å². The van der Waals surface area contributed by atoms with E-state index in [4.69, 9.17) is 11.6 Å². The molecule has 0 atom stereocenters. The van der Waals surface area contributed by atoms with E-state index in [1.807, 2.05) is 42.8 Å². The number of amides is 1. The SMILES string of the molecule is Cc1nn(Cc2ccccc2Cl)c(C)c1/C=N\NC(=O)c1cccc([N+](=O)[O-])c1. The smallest absolute Gasteiger partial charge is 0.267 e. The minimum atomic E-state index is -0.555. The van der Waals surface area contributed by atoms with Crippen molar-refractivity contribution in [3.8, 4) is 0 Å². The van der Waals surface area contributed by atoms with Gasteiger partial charge in [-0.05, 0) is 31.5 Å². The summed E-state index contributed by atoms with van der Waals surface area (Å²) >= 11 is 6.22. The van der Waals surface area contributed by atoms with E-state index < -0.39 is 10.8 Å². The van der Waals surface area contributed by atoms with Crippen molar-refractivity contribution >= 4 is 29.4 Å². The summed E-state index contributed by atoms with van der Waals surface area (Å²) in [6.45, 7) is 4.26. The molecule has 1 heterocycles. The number of nitro groups is 1. The molecule has 3 rings (SSSR count). The lowest BCUT2D eigenvalue weighted by Gasteiger charge is -2.06. The molecule has 148 valence electrons. The average Bonchev–Trinajstić information content (AvgIpc) is 2.97. The molecule has 29 heavy (non-hydrogen) atoms. The number of aromatic nitrogens is 2. The Labute approximate surface area is 172 Å². The Kier molecular flexibility index (Phi) is 6.04. The predicted molar refractivity (Wildman–Crippen MR) is 110 cm³/mol. The second kappa shape index (κ2) is 8.66. The molecule has 0 aliphatic carbocycles. The maximum absolute atomic E-state index is 12.2. The van der Waals surface area contributed by atoms with E-state index in [9.17, 15) is 14.9 Å². The summed E-state index contributed by atoms with van der Waals surface area (Å²) in [4.78, 5) is 22.5. The van der Waals surface area contributed by atoms with Gasteiger partial charge >= 0.3 is 0 Å². The van der Waals surface area contributed by atoms with Gasteiger partial charge in [0, 0.05) is 34.0 Å². The zero-order chi connectivity index (χ0) is 21.0. The third-order valence-electron chi connectivity index (χ3n) is 4.39. The summed E-state index contributed by atoms with van der Waals surface area (Å²) in [5, 5.41) is 20.0. The number of hydrogen-bond donors (Lipinski definition) is 1. The zero-order valence-corrected chi connectivity index (χ0v) is 16.6. The molecule has 0 fully saturated rings. The van der Waals surface area contributed by atoms with Crippen molar-refractivity contribution in [1.82, 2.24) is 15.2 Å². The van der Waals surface area contributed by atoms with Crippen LogP contribution in [0, 0.1) is 24.0 Å². The van der Waals surface area contributed by atoms with Crippen LogP contribution in [0.25, 0.3) is 0 Å². The van der Waals surface area contributed by atoms with Crippen LogP contribution in [0.5, 0.6) is 0 Å². The highest BCUT2D eigenvalue weighted by atomic mass is 35.5. The zero-order valence-electron chi connectivity index (χ0n) is 15.8. The standard InChI is InChI=1S/C20H18ClN5O3/c1-13-18(14(2)25(24-13)12-16-6-3-4-9-19(16)21)11-22-23-20(27)15-7-5-8-17(10-15)26(28)29/h3-11H,12H2,1-2H3,(H,23,27)/b22-11-. The van der Waals surface area contributed by atoms with Crippen LogP contribution in [0.15, 0.2) is 53.6 Å². The predicted octanol–water partition coefficient (Wildman–Crippen LogP) is 3.87. The molecule has 3 aromatic rings. The number of carbonyl (C=O) groups excluding carboxylic acids is 1. The number of aryl methyl sites for hydroxylation is 1. The monoisotopic (exact) mass is 411 g/mol. The van der Waals surface area contributed by atoms with Crippen molar-refractivity contribution < 1.29 is 9.72 Å². The maximum atomic E-state index is 12.2. The van der Waals surface area contributed by atoms with Crippen LogP contribution in [0.4, 0.5) is 5.69 Å². The number of halogens is 1. The van der Waals surface area contributed by atoms with Crippen molar-refractivity contribution in [3.63, 3.8) is 0 Å². The van der Waals surface area contributed by atoms with Gasteiger partial charge < -0.3 is 0 Å². The van der Waals surface area contributed by atoms with E-state index >= 15 is 0 Å². The van der Waals surface area contributed by atoms with Crippen LogP contribution in [0.2, 0.25) is 5.02 Å². The minimum absolute atomic E-state index is 0.152. The fourth-order valence-electron chi connectivity index (χ4n) is 2.82. The van der Waals surface area contributed by atoms with Crippen LogP contribution in [0.1, 0.15) is 32.9 Å². The third-order valence-corrected chi connectivity index (χ3v) is 4.76. The van der Waals surface area contributed by atoms with Gasteiger partial charge in [-0.3, -0.25) is 19.6 Å². The summed E-state index contributed by atoms with van der Waals surface area (Å²) in [5.74, 6) is -0.538. The summed E-state index contributed by atoms with van der Waals surface area (Å²) in [7, 11) is 0. The van der Waals surface area contributed by atoms with E-state index in [-0.39, 0.29) is 11.3 Å². The number of rotatable bonds is 6. The highest BCUT2D eigenvalue weighted by Crippen LogP contribution is 2.19. The van der Waals surface area contributed by atoms with Crippen molar-refractivity contribution in [2.75, 3.05) is 0 Å². The third kappa shape index (κ3) is 4.67. The molecule has 1 aromatic heterocycles. The number of carbonyl (C=O) groups is 1. The summed E-state index contributed by atoms with van der Waals surface area (Å²) in [6, 6.07) is 13.0. The first-order valence-corrected chi connectivity index (χ1v) is 9.10. The molecule has 0 spiro atoms. The Morgan fingerprint density at radius 2 is 2.03 bits per heavy atom. The molecular weight excluding hydrogens is 394 g/mol. The Hall–Kier alpha value is -3.52. The molecule has 1 amide bonds. The van der Waals surface area contributed by atoms with Gasteiger partial charge in [0.15, 0.2) is 0 Å². The second-order valence-corrected chi connectivity index (χ2v) is 6.75. The molecule has 0 aliphatic rings. The van der Waals surface area contributed by atoms with Crippen molar-refractivity contribution in [2.45, 2.75) is 20.4 Å². The maximum Gasteiger partial charge on any atom is 0.271 e. The number of benzene rings is 2. The van der Waals surface area contributed by atoms with Crippen molar-refractivity contribution in [2.24, 2.45) is 5.10 Å². The number of non-ortho nitro benzene ring substituents is 1. The topological polar surface area (TPSA) is 102 Å². The first-order chi connectivity index (χ1) is 13.9. The van der Waals surface area contributed by atoms with E-state index in [0.29, 0.717) is 11.6 Å². The molecular formula is C20H18ClN5O3. The van der Waals surface area contributed by atoms with E-state index in [1.54, 1.807) is 0 Å². The first kappa shape index (κ1) is 20.2. The highest BCUT2D eigenvalue weighted by molar-refractivity contribution is 6.31.